The van der Waals surface area contributed by atoms with Crippen LogP contribution < -0.4 is 5.32 Å². The monoisotopic (exact) mass is 120 g/mol. The molecule has 0 atom stereocenters. The lowest BCUT2D eigenvalue weighted by Crippen LogP contribution is -1.95. The molecule has 0 aliphatic rings. The smallest absolute Gasteiger partial charge is 0.0381 e. The van der Waals surface area contributed by atoms with E-state index in [1.807, 2.05) is 25.2 Å². The van der Waals surface area contributed by atoms with Crippen molar-refractivity contribution in [2.75, 3.05) is 7.05 Å². The van der Waals surface area contributed by atoms with Crippen LogP contribution in [-0.2, 0) is 6.54 Å². The molecule has 0 bridgehead atoms. The summed E-state index contributed by atoms with van der Waals surface area (Å²) in [5.41, 5.74) is 1.28. The van der Waals surface area contributed by atoms with Crippen LogP contribution in [0.25, 0.3) is 0 Å². The molecular formula is C8H10N. The zero-order chi connectivity index (χ0) is 6.53. The van der Waals surface area contributed by atoms with E-state index in [2.05, 4.69) is 17.4 Å². The first kappa shape index (κ1) is 6.30. The Kier molecular flexibility index (Phi) is 2.28. The number of hydrogen-bond donors (Lipinski definition) is 0. The first-order valence-electron chi connectivity index (χ1n) is 3.03. The van der Waals surface area contributed by atoms with Gasteiger partial charge in [0.05, 0.1) is 0 Å². The molecule has 0 spiro atoms. The normalized spacial score (nSPS) is 9.44. The Labute approximate surface area is 55.7 Å². The first-order chi connectivity index (χ1) is 4.43. The van der Waals surface area contributed by atoms with E-state index in [1.54, 1.807) is 0 Å². The van der Waals surface area contributed by atoms with Gasteiger partial charge in [0.1, 0.15) is 0 Å². The highest BCUT2D eigenvalue weighted by Gasteiger charge is 1.84. The quantitative estimate of drug-likeness (QED) is 0.560. The lowest BCUT2D eigenvalue weighted by atomic mass is 10.2. The van der Waals surface area contributed by atoms with E-state index >= 15 is 0 Å². The summed E-state index contributed by atoms with van der Waals surface area (Å²) in [6, 6.07) is 10.2. The molecule has 0 aliphatic carbocycles. The average molecular weight is 120 g/mol. The molecule has 1 aromatic carbocycles. The maximum Gasteiger partial charge on any atom is 0.0381 e. The predicted molar refractivity (Wildman–Crippen MR) is 38.2 cm³/mol. The minimum Gasteiger partial charge on any atom is -0.240 e. The summed E-state index contributed by atoms with van der Waals surface area (Å²) in [6.07, 6.45) is 0. The zero-order valence-corrected chi connectivity index (χ0v) is 5.54. The number of hydrogen-bond acceptors (Lipinski definition) is 0. The number of rotatable bonds is 2. The van der Waals surface area contributed by atoms with Crippen molar-refractivity contribution in [2.45, 2.75) is 6.54 Å². The van der Waals surface area contributed by atoms with Crippen molar-refractivity contribution in [3.8, 4) is 0 Å². The van der Waals surface area contributed by atoms with Gasteiger partial charge in [-0.3, -0.25) is 0 Å². The number of benzene rings is 1. The lowest BCUT2D eigenvalue weighted by Gasteiger charge is -1.94. The molecule has 0 amide bonds. The van der Waals surface area contributed by atoms with Gasteiger partial charge in [-0.05, 0) is 5.56 Å². The van der Waals surface area contributed by atoms with Crippen LogP contribution in [-0.4, -0.2) is 7.05 Å². The molecule has 1 rings (SSSR count). The molecule has 0 saturated heterocycles. The van der Waals surface area contributed by atoms with Gasteiger partial charge < -0.3 is 0 Å². The highest BCUT2D eigenvalue weighted by Crippen LogP contribution is 1.96. The summed E-state index contributed by atoms with van der Waals surface area (Å²) in [5, 5.41) is 4.01. The van der Waals surface area contributed by atoms with E-state index in [0.717, 1.165) is 6.54 Å². The Morgan fingerprint density at radius 3 is 2.44 bits per heavy atom. The Bertz CT molecular complexity index is 157. The molecule has 1 radical (unpaired) electrons. The van der Waals surface area contributed by atoms with Crippen molar-refractivity contribution in [1.29, 1.82) is 0 Å². The van der Waals surface area contributed by atoms with Gasteiger partial charge in [-0.15, -0.1) is 0 Å². The Hall–Kier alpha value is -0.820. The average Bonchev–Trinajstić information content (AvgIpc) is 1.91. The van der Waals surface area contributed by atoms with Crippen LogP contribution in [0, 0.1) is 0 Å². The second-order valence-corrected chi connectivity index (χ2v) is 1.96. The summed E-state index contributed by atoms with van der Waals surface area (Å²) >= 11 is 0. The fourth-order valence-electron chi connectivity index (χ4n) is 0.766. The molecule has 47 valence electrons. The van der Waals surface area contributed by atoms with Crippen molar-refractivity contribution in [2.24, 2.45) is 0 Å². The SMILES string of the molecule is C[N]Cc1ccccc1. The van der Waals surface area contributed by atoms with E-state index in [-0.39, 0.29) is 0 Å². The largest absolute Gasteiger partial charge is 0.240 e. The molecule has 9 heavy (non-hydrogen) atoms. The third-order valence-corrected chi connectivity index (χ3v) is 1.18. The minimum absolute atomic E-state index is 0.834. The van der Waals surface area contributed by atoms with Gasteiger partial charge in [-0.1, -0.05) is 30.3 Å². The molecule has 1 aromatic rings. The van der Waals surface area contributed by atoms with Gasteiger partial charge >= 0.3 is 0 Å². The van der Waals surface area contributed by atoms with E-state index in [1.165, 1.54) is 5.56 Å². The van der Waals surface area contributed by atoms with E-state index in [4.69, 9.17) is 0 Å². The molecule has 0 unspecified atom stereocenters. The standard InChI is InChI=1S/C8H10N/c1-9-7-8-5-3-2-4-6-8/h2-6H,7H2,1H3. The van der Waals surface area contributed by atoms with E-state index in [9.17, 15) is 0 Å². The van der Waals surface area contributed by atoms with Crippen molar-refractivity contribution in [3.05, 3.63) is 35.9 Å². The first-order valence-corrected chi connectivity index (χ1v) is 3.03. The second kappa shape index (κ2) is 3.25. The maximum atomic E-state index is 4.01. The highest BCUT2D eigenvalue weighted by molar-refractivity contribution is 5.13. The fraction of sp³-hybridized carbons (Fsp3) is 0.250. The molecule has 0 heterocycles. The van der Waals surface area contributed by atoms with Crippen LogP contribution in [0.3, 0.4) is 0 Å². The summed E-state index contributed by atoms with van der Waals surface area (Å²) in [5.74, 6) is 0. The number of nitrogens with zero attached hydrogens (tertiary/aromatic N) is 1. The predicted octanol–water partition coefficient (Wildman–Crippen LogP) is 1.42. The van der Waals surface area contributed by atoms with Crippen LogP contribution in [0.15, 0.2) is 30.3 Å². The van der Waals surface area contributed by atoms with Gasteiger partial charge in [-0.2, -0.15) is 0 Å². The van der Waals surface area contributed by atoms with Crippen molar-refractivity contribution >= 4 is 0 Å². The summed E-state index contributed by atoms with van der Waals surface area (Å²) in [4.78, 5) is 0. The van der Waals surface area contributed by atoms with E-state index in [0.29, 0.717) is 0 Å². The third-order valence-electron chi connectivity index (χ3n) is 1.18. The van der Waals surface area contributed by atoms with Crippen molar-refractivity contribution in [1.82, 2.24) is 5.32 Å². The Balaban J connectivity index is 2.61. The van der Waals surface area contributed by atoms with Crippen LogP contribution >= 0.6 is 0 Å². The van der Waals surface area contributed by atoms with Crippen LogP contribution in [0.2, 0.25) is 0 Å². The van der Waals surface area contributed by atoms with Gasteiger partial charge in [0, 0.05) is 13.6 Å². The van der Waals surface area contributed by atoms with Crippen LogP contribution in [0.1, 0.15) is 5.56 Å². The molecule has 0 saturated carbocycles. The Morgan fingerprint density at radius 1 is 1.22 bits per heavy atom. The summed E-state index contributed by atoms with van der Waals surface area (Å²) in [6.45, 7) is 0.834. The topological polar surface area (TPSA) is 14.1 Å². The van der Waals surface area contributed by atoms with Gasteiger partial charge in [0.25, 0.3) is 0 Å². The zero-order valence-electron chi connectivity index (χ0n) is 5.54. The highest BCUT2D eigenvalue weighted by atomic mass is 14.8. The third kappa shape index (κ3) is 1.86. The van der Waals surface area contributed by atoms with Crippen molar-refractivity contribution < 1.29 is 0 Å². The molecule has 1 heteroatoms. The molecule has 0 N–H and O–H groups in total. The van der Waals surface area contributed by atoms with Crippen molar-refractivity contribution in [3.63, 3.8) is 0 Å². The van der Waals surface area contributed by atoms with Gasteiger partial charge in [0.2, 0.25) is 0 Å². The fourth-order valence-corrected chi connectivity index (χ4v) is 0.766. The molecule has 0 aliphatic heterocycles. The molecule has 0 fully saturated rings. The Morgan fingerprint density at radius 2 is 1.89 bits per heavy atom. The lowest BCUT2D eigenvalue weighted by molar-refractivity contribution is 0.800. The molecular weight excluding hydrogens is 110 g/mol. The minimum atomic E-state index is 0.834. The van der Waals surface area contributed by atoms with Crippen LogP contribution in [0.4, 0.5) is 0 Å². The van der Waals surface area contributed by atoms with Crippen LogP contribution in [0.5, 0.6) is 0 Å². The van der Waals surface area contributed by atoms with Gasteiger partial charge in [0.15, 0.2) is 0 Å². The summed E-state index contributed by atoms with van der Waals surface area (Å²) in [7, 11) is 1.83. The molecule has 0 aromatic heterocycles. The van der Waals surface area contributed by atoms with Gasteiger partial charge in [-0.25, -0.2) is 5.32 Å². The second-order valence-electron chi connectivity index (χ2n) is 1.96. The summed E-state index contributed by atoms with van der Waals surface area (Å²) < 4.78 is 0. The van der Waals surface area contributed by atoms with E-state index < -0.39 is 0 Å². The molecule has 1 nitrogen and oxygen atoms in total. The maximum absolute atomic E-state index is 4.01.